The molecule has 2 aromatic rings. The van der Waals surface area contributed by atoms with E-state index in [4.69, 9.17) is 4.74 Å². The molecular formula is C10H9N3O2. The Morgan fingerprint density at radius 3 is 2.80 bits per heavy atom. The standard InChI is InChI=1S/C10H9N3O2/c14-10(8-1-3-11-4-2-8)15-6-9-5-12-7-13-9/h1-5,7H,6H2,(H,12,13). The number of aromatic nitrogens is 3. The molecule has 0 bridgehead atoms. The third-order valence-corrected chi connectivity index (χ3v) is 1.83. The van der Waals surface area contributed by atoms with E-state index < -0.39 is 0 Å². The predicted molar refractivity (Wildman–Crippen MR) is 51.9 cm³/mol. The van der Waals surface area contributed by atoms with Gasteiger partial charge in [-0.3, -0.25) is 4.98 Å². The van der Waals surface area contributed by atoms with Gasteiger partial charge in [0.2, 0.25) is 0 Å². The molecule has 2 heterocycles. The highest BCUT2D eigenvalue weighted by molar-refractivity contribution is 5.89. The molecule has 2 aromatic heterocycles. The van der Waals surface area contributed by atoms with Gasteiger partial charge in [-0.2, -0.15) is 0 Å². The maximum absolute atomic E-state index is 11.5. The van der Waals surface area contributed by atoms with Crippen molar-refractivity contribution in [2.75, 3.05) is 0 Å². The summed E-state index contributed by atoms with van der Waals surface area (Å²) in [5, 5.41) is 0. The number of pyridine rings is 1. The van der Waals surface area contributed by atoms with Gasteiger partial charge in [0.15, 0.2) is 0 Å². The number of carbonyl (C=O) groups is 1. The van der Waals surface area contributed by atoms with Crippen LogP contribution in [0, 0.1) is 0 Å². The van der Waals surface area contributed by atoms with E-state index >= 15 is 0 Å². The molecule has 0 saturated heterocycles. The van der Waals surface area contributed by atoms with E-state index in [0.717, 1.165) is 5.69 Å². The molecule has 0 spiro atoms. The van der Waals surface area contributed by atoms with Gasteiger partial charge in [0.25, 0.3) is 0 Å². The highest BCUT2D eigenvalue weighted by Gasteiger charge is 2.06. The van der Waals surface area contributed by atoms with Crippen molar-refractivity contribution >= 4 is 5.97 Å². The van der Waals surface area contributed by atoms with E-state index in [-0.39, 0.29) is 12.6 Å². The lowest BCUT2D eigenvalue weighted by Crippen LogP contribution is -2.05. The molecule has 1 N–H and O–H groups in total. The largest absolute Gasteiger partial charge is 0.456 e. The Balaban J connectivity index is 1.94. The number of nitrogens with zero attached hydrogens (tertiary/aromatic N) is 2. The molecule has 0 atom stereocenters. The summed E-state index contributed by atoms with van der Waals surface area (Å²) in [6.07, 6.45) is 6.25. The first kappa shape index (κ1) is 9.39. The molecule has 0 unspecified atom stereocenters. The SMILES string of the molecule is O=C(OCc1cnc[nH]1)c1ccncc1. The Kier molecular flexibility index (Phi) is 2.73. The van der Waals surface area contributed by atoms with Crippen molar-refractivity contribution in [2.45, 2.75) is 6.61 Å². The third kappa shape index (κ3) is 2.40. The number of carbonyl (C=O) groups excluding carboxylic acids is 1. The molecule has 0 amide bonds. The highest BCUT2D eigenvalue weighted by atomic mass is 16.5. The lowest BCUT2D eigenvalue weighted by atomic mass is 10.3. The Bertz CT molecular complexity index is 425. The van der Waals surface area contributed by atoms with Crippen LogP contribution in [-0.4, -0.2) is 20.9 Å². The molecule has 0 fully saturated rings. The second-order valence-electron chi connectivity index (χ2n) is 2.89. The van der Waals surface area contributed by atoms with E-state index in [9.17, 15) is 4.79 Å². The zero-order chi connectivity index (χ0) is 10.5. The van der Waals surface area contributed by atoms with Gasteiger partial charge >= 0.3 is 5.97 Å². The van der Waals surface area contributed by atoms with E-state index in [1.54, 1.807) is 30.7 Å². The van der Waals surface area contributed by atoms with Gasteiger partial charge < -0.3 is 9.72 Å². The van der Waals surface area contributed by atoms with Gasteiger partial charge in [-0.1, -0.05) is 0 Å². The average Bonchev–Trinajstić information content (AvgIpc) is 2.80. The first-order chi connectivity index (χ1) is 7.36. The zero-order valence-electron chi connectivity index (χ0n) is 7.88. The van der Waals surface area contributed by atoms with Crippen molar-refractivity contribution in [1.29, 1.82) is 0 Å². The van der Waals surface area contributed by atoms with Crippen LogP contribution >= 0.6 is 0 Å². The number of hydrogen-bond acceptors (Lipinski definition) is 4. The van der Waals surface area contributed by atoms with Crippen LogP contribution in [0.1, 0.15) is 16.1 Å². The third-order valence-electron chi connectivity index (χ3n) is 1.83. The number of nitrogens with one attached hydrogen (secondary N) is 1. The van der Waals surface area contributed by atoms with E-state index in [1.807, 2.05) is 0 Å². The Labute approximate surface area is 86.1 Å². The van der Waals surface area contributed by atoms with Gasteiger partial charge in [-0.05, 0) is 12.1 Å². The number of rotatable bonds is 3. The number of esters is 1. The summed E-state index contributed by atoms with van der Waals surface area (Å²) >= 11 is 0. The summed E-state index contributed by atoms with van der Waals surface area (Å²) in [5.74, 6) is -0.369. The molecule has 5 heteroatoms. The van der Waals surface area contributed by atoms with Gasteiger partial charge in [-0.15, -0.1) is 0 Å². The molecule has 2 rings (SSSR count). The van der Waals surface area contributed by atoms with Crippen LogP contribution in [0.2, 0.25) is 0 Å². The Morgan fingerprint density at radius 2 is 2.13 bits per heavy atom. The second kappa shape index (κ2) is 4.36. The summed E-state index contributed by atoms with van der Waals surface area (Å²) in [4.78, 5) is 21.9. The van der Waals surface area contributed by atoms with Crippen molar-refractivity contribution in [3.05, 3.63) is 48.3 Å². The topological polar surface area (TPSA) is 67.9 Å². The first-order valence-corrected chi connectivity index (χ1v) is 4.40. The van der Waals surface area contributed by atoms with Crippen LogP contribution in [0.15, 0.2) is 37.1 Å². The zero-order valence-corrected chi connectivity index (χ0v) is 7.88. The molecule has 5 nitrogen and oxygen atoms in total. The normalized spacial score (nSPS) is 9.87. The lowest BCUT2D eigenvalue weighted by molar-refractivity contribution is 0.0468. The summed E-state index contributed by atoms with van der Waals surface area (Å²) in [6.45, 7) is 0.196. The minimum Gasteiger partial charge on any atom is -0.456 e. The van der Waals surface area contributed by atoms with E-state index in [1.165, 1.54) is 6.33 Å². The highest BCUT2D eigenvalue weighted by Crippen LogP contribution is 2.02. The van der Waals surface area contributed by atoms with Crippen molar-refractivity contribution in [1.82, 2.24) is 15.0 Å². The van der Waals surface area contributed by atoms with E-state index in [2.05, 4.69) is 15.0 Å². The van der Waals surface area contributed by atoms with E-state index in [0.29, 0.717) is 5.56 Å². The molecule has 0 aliphatic heterocycles. The van der Waals surface area contributed by atoms with Gasteiger partial charge in [0.1, 0.15) is 6.61 Å². The number of aromatic amines is 1. The number of ether oxygens (including phenoxy) is 1. The predicted octanol–water partition coefficient (Wildman–Crippen LogP) is 1.16. The maximum Gasteiger partial charge on any atom is 0.338 e. The smallest absolute Gasteiger partial charge is 0.338 e. The summed E-state index contributed by atoms with van der Waals surface area (Å²) in [7, 11) is 0. The molecule has 15 heavy (non-hydrogen) atoms. The fourth-order valence-electron chi connectivity index (χ4n) is 1.08. The molecular weight excluding hydrogens is 194 g/mol. The van der Waals surface area contributed by atoms with Crippen LogP contribution in [0.25, 0.3) is 0 Å². The minimum absolute atomic E-state index is 0.196. The van der Waals surface area contributed by atoms with Crippen LogP contribution in [0.4, 0.5) is 0 Å². The van der Waals surface area contributed by atoms with Crippen molar-refractivity contribution in [3.8, 4) is 0 Å². The van der Waals surface area contributed by atoms with Crippen LogP contribution in [0.5, 0.6) is 0 Å². The molecule has 76 valence electrons. The van der Waals surface area contributed by atoms with Gasteiger partial charge in [0.05, 0.1) is 23.8 Å². The first-order valence-electron chi connectivity index (χ1n) is 4.40. The second-order valence-corrected chi connectivity index (χ2v) is 2.89. The summed E-state index contributed by atoms with van der Waals surface area (Å²) in [5.41, 5.74) is 1.25. The monoisotopic (exact) mass is 203 g/mol. The molecule has 0 aromatic carbocycles. The van der Waals surface area contributed by atoms with Gasteiger partial charge in [-0.25, -0.2) is 9.78 Å². The number of H-pyrrole nitrogens is 1. The number of hydrogen-bond donors (Lipinski definition) is 1. The van der Waals surface area contributed by atoms with Crippen LogP contribution in [0.3, 0.4) is 0 Å². The number of imidazole rings is 1. The van der Waals surface area contributed by atoms with Crippen molar-refractivity contribution < 1.29 is 9.53 Å². The fraction of sp³-hybridized carbons (Fsp3) is 0.100. The Morgan fingerprint density at radius 1 is 1.33 bits per heavy atom. The van der Waals surface area contributed by atoms with Crippen LogP contribution in [-0.2, 0) is 11.3 Å². The average molecular weight is 203 g/mol. The molecule has 0 aliphatic rings. The Hall–Kier alpha value is -2.17. The maximum atomic E-state index is 11.5. The molecule has 0 aliphatic carbocycles. The van der Waals surface area contributed by atoms with Crippen molar-refractivity contribution in [2.24, 2.45) is 0 Å². The van der Waals surface area contributed by atoms with Crippen LogP contribution < -0.4 is 0 Å². The molecule has 0 saturated carbocycles. The lowest BCUT2D eigenvalue weighted by Gasteiger charge is -2.01. The quantitative estimate of drug-likeness (QED) is 0.760. The summed E-state index contributed by atoms with van der Waals surface area (Å²) in [6, 6.07) is 3.21. The molecule has 0 radical (unpaired) electrons. The minimum atomic E-state index is -0.369. The summed E-state index contributed by atoms with van der Waals surface area (Å²) < 4.78 is 5.03. The fourth-order valence-corrected chi connectivity index (χ4v) is 1.08. The van der Waals surface area contributed by atoms with Crippen molar-refractivity contribution in [3.63, 3.8) is 0 Å². The van der Waals surface area contributed by atoms with Gasteiger partial charge in [0, 0.05) is 12.4 Å².